The maximum Gasteiger partial charge on any atom is 0.195 e. The second kappa shape index (κ2) is 7.81. The largest absolute Gasteiger partial charge is 0.497 e. The average molecular weight is 334 g/mol. The summed E-state index contributed by atoms with van der Waals surface area (Å²) in [6, 6.07) is 7.86. The molecule has 1 aliphatic rings. The molecule has 0 aliphatic carbocycles. The van der Waals surface area contributed by atoms with E-state index in [0.29, 0.717) is 12.5 Å². The van der Waals surface area contributed by atoms with E-state index in [1.165, 1.54) is 0 Å². The Morgan fingerprint density at radius 1 is 1.43 bits per heavy atom. The molecule has 0 amide bonds. The summed E-state index contributed by atoms with van der Waals surface area (Å²) < 4.78 is 12.7. The Morgan fingerprint density at radius 3 is 3.09 bits per heavy atom. The maximum atomic E-state index is 5.82. The summed E-state index contributed by atoms with van der Waals surface area (Å²) in [5.41, 5.74) is 6.79. The van der Waals surface area contributed by atoms with Gasteiger partial charge in [-0.25, -0.2) is 0 Å². The summed E-state index contributed by atoms with van der Waals surface area (Å²) >= 11 is 1.72. The van der Waals surface area contributed by atoms with Crippen LogP contribution in [-0.2, 0) is 11.3 Å². The van der Waals surface area contributed by atoms with Crippen LogP contribution in [-0.4, -0.2) is 40.8 Å². The lowest BCUT2D eigenvalue weighted by molar-refractivity contribution is 0.185. The van der Waals surface area contributed by atoms with Crippen LogP contribution in [0.4, 0.5) is 0 Å². The van der Waals surface area contributed by atoms with Gasteiger partial charge in [0, 0.05) is 25.0 Å². The number of methoxy groups -OCH3 is 1. The number of hydrogen-bond acceptors (Lipinski definition) is 6. The zero-order chi connectivity index (χ0) is 16.1. The molecule has 2 aromatic rings. The van der Waals surface area contributed by atoms with Gasteiger partial charge in [-0.1, -0.05) is 17.8 Å². The molecule has 1 saturated heterocycles. The molecular weight excluding hydrogens is 312 g/mol. The molecule has 6 nitrogen and oxygen atoms in total. The minimum Gasteiger partial charge on any atom is -0.497 e. The SMILES string of the molecule is COc1cccc(-n2c(CN)nnc2SCCC2CCOC2)c1. The normalized spacial score (nSPS) is 17.6. The van der Waals surface area contributed by atoms with E-state index in [1.54, 1.807) is 18.9 Å². The van der Waals surface area contributed by atoms with Gasteiger partial charge in [-0.3, -0.25) is 4.57 Å². The van der Waals surface area contributed by atoms with Crippen molar-refractivity contribution >= 4 is 11.8 Å². The van der Waals surface area contributed by atoms with Gasteiger partial charge < -0.3 is 15.2 Å². The van der Waals surface area contributed by atoms with E-state index in [-0.39, 0.29) is 0 Å². The number of hydrogen-bond donors (Lipinski definition) is 1. The minimum absolute atomic E-state index is 0.348. The first-order chi connectivity index (χ1) is 11.3. The first-order valence-corrected chi connectivity index (χ1v) is 8.79. The lowest BCUT2D eigenvalue weighted by atomic mass is 10.1. The molecule has 2 N–H and O–H groups in total. The summed E-state index contributed by atoms with van der Waals surface area (Å²) in [5.74, 6) is 3.23. The van der Waals surface area contributed by atoms with E-state index in [9.17, 15) is 0 Å². The molecule has 124 valence electrons. The van der Waals surface area contributed by atoms with E-state index in [0.717, 1.165) is 54.2 Å². The van der Waals surface area contributed by atoms with Gasteiger partial charge in [0.25, 0.3) is 0 Å². The van der Waals surface area contributed by atoms with E-state index in [1.807, 2.05) is 28.8 Å². The molecule has 1 aliphatic heterocycles. The highest BCUT2D eigenvalue weighted by molar-refractivity contribution is 7.99. The summed E-state index contributed by atoms with van der Waals surface area (Å²) in [6.45, 7) is 2.13. The fraction of sp³-hybridized carbons (Fsp3) is 0.500. The van der Waals surface area contributed by atoms with Crippen molar-refractivity contribution in [2.45, 2.75) is 24.5 Å². The number of rotatable bonds is 7. The van der Waals surface area contributed by atoms with E-state index >= 15 is 0 Å². The highest BCUT2D eigenvalue weighted by Crippen LogP contribution is 2.27. The summed E-state index contributed by atoms with van der Waals surface area (Å²) in [6.07, 6.45) is 2.30. The van der Waals surface area contributed by atoms with Crippen LogP contribution in [0.2, 0.25) is 0 Å². The first kappa shape index (κ1) is 16.3. The lowest BCUT2D eigenvalue weighted by Crippen LogP contribution is -2.08. The van der Waals surface area contributed by atoms with Gasteiger partial charge in [-0.2, -0.15) is 0 Å². The van der Waals surface area contributed by atoms with Crippen LogP contribution in [0.3, 0.4) is 0 Å². The molecule has 1 atom stereocenters. The third-order valence-electron chi connectivity index (χ3n) is 3.98. The molecule has 1 aromatic heterocycles. The molecule has 0 radical (unpaired) electrons. The van der Waals surface area contributed by atoms with E-state index in [2.05, 4.69) is 10.2 Å². The van der Waals surface area contributed by atoms with E-state index < -0.39 is 0 Å². The Balaban J connectivity index is 1.76. The molecule has 3 rings (SSSR count). The molecule has 0 spiro atoms. The number of nitrogens with two attached hydrogens (primary N) is 1. The number of ether oxygens (including phenoxy) is 2. The van der Waals surface area contributed by atoms with Gasteiger partial charge >= 0.3 is 0 Å². The van der Waals surface area contributed by atoms with Crippen LogP contribution in [0.1, 0.15) is 18.7 Å². The second-order valence-electron chi connectivity index (χ2n) is 5.51. The predicted octanol–water partition coefficient (Wildman–Crippen LogP) is 2.25. The fourth-order valence-corrected chi connectivity index (χ4v) is 3.73. The summed E-state index contributed by atoms with van der Waals surface area (Å²) in [4.78, 5) is 0. The van der Waals surface area contributed by atoms with Gasteiger partial charge in [-0.15, -0.1) is 10.2 Å². The summed E-state index contributed by atoms with van der Waals surface area (Å²) in [5, 5.41) is 9.40. The van der Waals surface area contributed by atoms with Gasteiger partial charge in [-0.05, 0) is 30.9 Å². The van der Waals surface area contributed by atoms with Crippen molar-refractivity contribution in [3.05, 3.63) is 30.1 Å². The standard InChI is InChI=1S/C16H22N4O2S/c1-21-14-4-2-3-13(9-14)20-15(10-17)18-19-16(20)23-8-6-12-5-7-22-11-12/h2-4,9,12H,5-8,10-11,17H2,1H3. The molecule has 1 fully saturated rings. The topological polar surface area (TPSA) is 75.2 Å². The van der Waals surface area contributed by atoms with Gasteiger partial charge in [0.15, 0.2) is 11.0 Å². The zero-order valence-corrected chi connectivity index (χ0v) is 14.1. The van der Waals surface area contributed by atoms with Crippen LogP contribution in [0.25, 0.3) is 5.69 Å². The van der Waals surface area contributed by atoms with Crippen molar-refractivity contribution in [2.24, 2.45) is 11.7 Å². The van der Waals surface area contributed by atoms with Gasteiger partial charge in [0.2, 0.25) is 0 Å². The van der Waals surface area contributed by atoms with Gasteiger partial charge in [0.05, 0.1) is 19.3 Å². The maximum absolute atomic E-state index is 5.82. The monoisotopic (exact) mass is 334 g/mol. The fourth-order valence-electron chi connectivity index (χ4n) is 2.66. The number of aromatic nitrogens is 3. The summed E-state index contributed by atoms with van der Waals surface area (Å²) in [7, 11) is 1.66. The zero-order valence-electron chi connectivity index (χ0n) is 13.3. The highest BCUT2D eigenvalue weighted by atomic mass is 32.2. The minimum atomic E-state index is 0.348. The Kier molecular flexibility index (Phi) is 5.53. The molecule has 7 heteroatoms. The Morgan fingerprint density at radius 2 is 2.35 bits per heavy atom. The number of nitrogens with zero attached hydrogens (tertiary/aromatic N) is 3. The third-order valence-corrected chi connectivity index (χ3v) is 4.94. The van der Waals surface area contributed by atoms with Crippen molar-refractivity contribution in [1.29, 1.82) is 0 Å². The quantitative estimate of drug-likeness (QED) is 0.783. The van der Waals surface area contributed by atoms with Crippen molar-refractivity contribution in [3.8, 4) is 11.4 Å². The molecule has 2 heterocycles. The van der Waals surface area contributed by atoms with Crippen molar-refractivity contribution in [2.75, 3.05) is 26.1 Å². The Bertz CT molecular complexity index is 641. The molecule has 23 heavy (non-hydrogen) atoms. The Hall–Kier alpha value is -1.57. The molecular formula is C16H22N4O2S. The van der Waals surface area contributed by atoms with E-state index in [4.69, 9.17) is 15.2 Å². The predicted molar refractivity (Wildman–Crippen MR) is 90.1 cm³/mol. The highest BCUT2D eigenvalue weighted by Gasteiger charge is 2.17. The van der Waals surface area contributed by atoms with Crippen LogP contribution >= 0.6 is 11.8 Å². The van der Waals surface area contributed by atoms with Crippen molar-refractivity contribution in [1.82, 2.24) is 14.8 Å². The number of benzene rings is 1. The van der Waals surface area contributed by atoms with Crippen LogP contribution in [0, 0.1) is 5.92 Å². The van der Waals surface area contributed by atoms with Crippen LogP contribution in [0.15, 0.2) is 29.4 Å². The molecule has 1 aromatic carbocycles. The Labute approximate surface area is 140 Å². The van der Waals surface area contributed by atoms with Crippen LogP contribution in [0.5, 0.6) is 5.75 Å². The second-order valence-corrected chi connectivity index (χ2v) is 6.57. The van der Waals surface area contributed by atoms with Crippen molar-refractivity contribution < 1.29 is 9.47 Å². The molecule has 1 unspecified atom stereocenters. The molecule has 0 bridgehead atoms. The van der Waals surface area contributed by atoms with Crippen LogP contribution < -0.4 is 10.5 Å². The smallest absolute Gasteiger partial charge is 0.195 e. The first-order valence-electron chi connectivity index (χ1n) is 7.81. The molecule has 0 saturated carbocycles. The van der Waals surface area contributed by atoms with Crippen molar-refractivity contribution in [3.63, 3.8) is 0 Å². The number of thioether (sulfide) groups is 1. The van der Waals surface area contributed by atoms with Gasteiger partial charge in [0.1, 0.15) is 5.75 Å². The third kappa shape index (κ3) is 3.85. The average Bonchev–Trinajstić information content (AvgIpc) is 3.24. The lowest BCUT2D eigenvalue weighted by Gasteiger charge is -2.11.